The van der Waals surface area contributed by atoms with Gasteiger partial charge in [0.25, 0.3) is 0 Å². The van der Waals surface area contributed by atoms with Crippen molar-refractivity contribution in [3.05, 3.63) is 28.1 Å². The van der Waals surface area contributed by atoms with Crippen LogP contribution in [-0.2, 0) is 25.7 Å². The van der Waals surface area contributed by atoms with E-state index in [-0.39, 0.29) is 18.1 Å². The molecule has 0 saturated carbocycles. The van der Waals surface area contributed by atoms with Crippen LogP contribution in [0, 0.1) is 0 Å². The number of rotatable bonds is 2. The molecule has 1 aliphatic rings. The van der Waals surface area contributed by atoms with Crippen molar-refractivity contribution in [1.29, 1.82) is 0 Å². The van der Waals surface area contributed by atoms with E-state index < -0.39 is 12.1 Å². The molecule has 0 aromatic carbocycles. The first-order valence-electron chi connectivity index (χ1n) is 6.01. The molecule has 0 bridgehead atoms. The third-order valence-electron chi connectivity index (χ3n) is 3.03. The van der Waals surface area contributed by atoms with Gasteiger partial charge in [0, 0.05) is 13.0 Å². The Morgan fingerprint density at radius 3 is 2.70 bits per heavy atom. The van der Waals surface area contributed by atoms with E-state index >= 15 is 0 Å². The molecule has 0 amide bonds. The second kappa shape index (κ2) is 4.46. The van der Waals surface area contributed by atoms with E-state index in [0.29, 0.717) is 18.8 Å². The van der Waals surface area contributed by atoms with Gasteiger partial charge in [-0.05, 0) is 12.8 Å². The van der Waals surface area contributed by atoms with Gasteiger partial charge in [-0.1, -0.05) is 0 Å². The average Bonchev–Trinajstić information content (AvgIpc) is 2.97. The van der Waals surface area contributed by atoms with Crippen LogP contribution in [0.3, 0.4) is 0 Å². The summed E-state index contributed by atoms with van der Waals surface area (Å²) in [6.45, 7) is 0.313. The zero-order chi connectivity index (χ0) is 14.3. The normalized spacial score (nSPS) is 15.3. The van der Waals surface area contributed by atoms with Crippen molar-refractivity contribution in [3.63, 3.8) is 0 Å². The Labute approximate surface area is 110 Å². The summed E-state index contributed by atoms with van der Waals surface area (Å²) in [6.07, 6.45) is -2.18. The summed E-state index contributed by atoms with van der Waals surface area (Å²) >= 11 is 0. The predicted octanol–water partition coefficient (Wildman–Crippen LogP) is 0.831. The SMILES string of the molecule is O=c1n(Cc2nnc(C(F)(F)F)o2)nc2n1CCCC2. The van der Waals surface area contributed by atoms with Crippen molar-refractivity contribution < 1.29 is 17.6 Å². The van der Waals surface area contributed by atoms with Crippen molar-refractivity contribution in [2.45, 2.75) is 38.5 Å². The Bertz CT molecular complexity index is 684. The molecule has 3 rings (SSSR count). The molecule has 1 aliphatic heterocycles. The van der Waals surface area contributed by atoms with Crippen LogP contribution < -0.4 is 5.69 Å². The minimum absolute atomic E-state index is 0.262. The molecule has 0 aliphatic carbocycles. The van der Waals surface area contributed by atoms with E-state index in [1.54, 1.807) is 0 Å². The van der Waals surface area contributed by atoms with Crippen LogP contribution in [0.15, 0.2) is 9.21 Å². The van der Waals surface area contributed by atoms with Crippen LogP contribution in [0.25, 0.3) is 0 Å². The summed E-state index contributed by atoms with van der Waals surface area (Å²) in [6, 6.07) is 0. The van der Waals surface area contributed by atoms with Crippen molar-refractivity contribution in [2.75, 3.05) is 0 Å². The van der Waals surface area contributed by atoms with E-state index in [1.165, 1.54) is 4.57 Å². The monoisotopic (exact) mass is 289 g/mol. The molecule has 0 fully saturated rings. The first-order valence-corrected chi connectivity index (χ1v) is 6.01. The highest BCUT2D eigenvalue weighted by Crippen LogP contribution is 2.27. The lowest BCUT2D eigenvalue weighted by atomic mass is 10.2. The largest absolute Gasteiger partial charge is 0.470 e. The Morgan fingerprint density at radius 1 is 1.25 bits per heavy atom. The third-order valence-corrected chi connectivity index (χ3v) is 3.03. The van der Waals surface area contributed by atoms with Crippen molar-refractivity contribution in [1.82, 2.24) is 24.5 Å². The van der Waals surface area contributed by atoms with Crippen LogP contribution in [0.1, 0.15) is 30.4 Å². The quantitative estimate of drug-likeness (QED) is 0.818. The highest BCUT2D eigenvalue weighted by Gasteiger charge is 2.38. The molecule has 0 saturated heterocycles. The molecule has 0 unspecified atom stereocenters. The zero-order valence-corrected chi connectivity index (χ0v) is 10.2. The van der Waals surface area contributed by atoms with Crippen LogP contribution in [0.2, 0.25) is 0 Å². The summed E-state index contributed by atoms with van der Waals surface area (Å²) in [4.78, 5) is 12.0. The zero-order valence-electron chi connectivity index (χ0n) is 10.2. The molecule has 7 nitrogen and oxygen atoms in total. The summed E-state index contributed by atoms with van der Waals surface area (Å²) in [7, 11) is 0. The van der Waals surface area contributed by atoms with Crippen LogP contribution in [-0.4, -0.2) is 24.5 Å². The van der Waals surface area contributed by atoms with Crippen molar-refractivity contribution in [3.8, 4) is 0 Å². The molecule has 20 heavy (non-hydrogen) atoms. The van der Waals surface area contributed by atoms with E-state index in [4.69, 9.17) is 0 Å². The maximum atomic E-state index is 12.3. The fourth-order valence-corrected chi connectivity index (χ4v) is 2.11. The minimum atomic E-state index is -4.69. The van der Waals surface area contributed by atoms with Crippen molar-refractivity contribution in [2.24, 2.45) is 0 Å². The predicted molar refractivity (Wildman–Crippen MR) is 57.8 cm³/mol. The lowest BCUT2D eigenvalue weighted by molar-refractivity contribution is -0.157. The molecule has 0 spiro atoms. The third kappa shape index (κ3) is 2.21. The van der Waals surface area contributed by atoms with Gasteiger partial charge in [0.15, 0.2) is 0 Å². The number of hydrogen-bond donors (Lipinski definition) is 0. The molecular formula is C10H10F3N5O2. The lowest BCUT2D eigenvalue weighted by Gasteiger charge is -2.09. The smallest absolute Gasteiger partial charge is 0.415 e. The van der Waals surface area contributed by atoms with Gasteiger partial charge >= 0.3 is 17.8 Å². The van der Waals surface area contributed by atoms with E-state index in [9.17, 15) is 18.0 Å². The molecule has 0 atom stereocenters. The summed E-state index contributed by atoms with van der Waals surface area (Å²) in [5.41, 5.74) is -0.369. The van der Waals surface area contributed by atoms with Gasteiger partial charge in [-0.2, -0.15) is 18.3 Å². The first-order chi connectivity index (χ1) is 9.45. The average molecular weight is 289 g/mol. The molecule has 2 aromatic rings. The molecule has 10 heteroatoms. The number of hydrogen-bond acceptors (Lipinski definition) is 5. The molecular weight excluding hydrogens is 279 g/mol. The maximum Gasteiger partial charge on any atom is 0.470 e. The fourth-order valence-electron chi connectivity index (χ4n) is 2.11. The Kier molecular flexibility index (Phi) is 2.87. The maximum absolute atomic E-state index is 12.3. The topological polar surface area (TPSA) is 78.7 Å². The number of halogens is 3. The standard InChI is InChI=1S/C10H10F3N5O2/c11-10(12,13)8-15-14-7(20-8)5-18-9(19)17-4-2-1-3-6(17)16-18/h1-5H2. The summed E-state index contributed by atoms with van der Waals surface area (Å²) in [5, 5.41) is 10.3. The van der Waals surface area contributed by atoms with Crippen LogP contribution >= 0.6 is 0 Å². The van der Waals surface area contributed by atoms with Gasteiger partial charge in [0.1, 0.15) is 12.4 Å². The second-order valence-electron chi connectivity index (χ2n) is 4.46. The Morgan fingerprint density at radius 2 is 2.05 bits per heavy atom. The summed E-state index contributed by atoms with van der Waals surface area (Å²) < 4.78 is 44.0. The molecule has 108 valence electrons. The van der Waals surface area contributed by atoms with E-state index in [2.05, 4.69) is 19.7 Å². The highest BCUT2D eigenvalue weighted by molar-refractivity contribution is 4.93. The number of aryl methyl sites for hydroxylation is 1. The van der Waals surface area contributed by atoms with E-state index in [0.717, 1.165) is 17.5 Å². The fraction of sp³-hybridized carbons (Fsp3) is 0.600. The van der Waals surface area contributed by atoms with Gasteiger partial charge < -0.3 is 4.42 Å². The van der Waals surface area contributed by atoms with Crippen LogP contribution in [0.5, 0.6) is 0 Å². The number of nitrogens with zero attached hydrogens (tertiary/aromatic N) is 5. The Hall–Kier alpha value is -2.13. The number of alkyl halides is 3. The molecule has 0 N–H and O–H groups in total. The van der Waals surface area contributed by atoms with Crippen molar-refractivity contribution >= 4 is 0 Å². The van der Waals surface area contributed by atoms with Gasteiger partial charge in [0.05, 0.1) is 0 Å². The first kappa shape index (κ1) is 12.9. The van der Waals surface area contributed by atoms with E-state index in [1.807, 2.05) is 0 Å². The highest BCUT2D eigenvalue weighted by atomic mass is 19.4. The van der Waals surface area contributed by atoms with Crippen LogP contribution in [0.4, 0.5) is 13.2 Å². The van der Waals surface area contributed by atoms with Gasteiger partial charge in [-0.3, -0.25) is 4.57 Å². The number of fused-ring (bicyclic) bond motifs is 1. The minimum Gasteiger partial charge on any atom is -0.415 e. The summed E-state index contributed by atoms with van der Waals surface area (Å²) in [5.74, 6) is -1.09. The van der Waals surface area contributed by atoms with Gasteiger partial charge in [0.2, 0.25) is 5.89 Å². The van der Waals surface area contributed by atoms with Gasteiger partial charge in [-0.15, -0.1) is 10.2 Å². The van der Waals surface area contributed by atoms with Gasteiger partial charge in [-0.25, -0.2) is 9.48 Å². The molecule has 2 aromatic heterocycles. The number of aromatic nitrogens is 5. The second-order valence-corrected chi connectivity index (χ2v) is 4.46. The Balaban J connectivity index is 1.87. The molecule has 3 heterocycles. The lowest BCUT2D eigenvalue weighted by Crippen LogP contribution is -2.27. The molecule has 0 radical (unpaired) electrons.